The lowest BCUT2D eigenvalue weighted by Crippen LogP contribution is -2.13. The van der Waals surface area contributed by atoms with Gasteiger partial charge in [0.15, 0.2) is 0 Å². The summed E-state index contributed by atoms with van der Waals surface area (Å²) in [5.74, 6) is 0. The van der Waals surface area contributed by atoms with Crippen LogP contribution in [0.25, 0.3) is 0 Å². The summed E-state index contributed by atoms with van der Waals surface area (Å²) >= 11 is 0. The molecule has 0 spiro atoms. The second-order valence-electron chi connectivity index (χ2n) is 6.54. The number of hydrogen-bond donors (Lipinski definition) is 0. The fourth-order valence-corrected chi connectivity index (χ4v) is 3.35. The van der Waals surface area contributed by atoms with Gasteiger partial charge in [-0.05, 0) is 22.3 Å². The zero-order chi connectivity index (χ0) is 18.3. The molecule has 4 aromatic rings. The Bertz CT molecular complexity index is 774. The van der Waals surface area contributed by atoms with Crippen LogP contribution < -0.4 is 0 Å². The summed E-state index contributed by atoms with van der Waals surface area (Å²) in [6.07, 6.45) is -0.282. The molecule has 140 valence electrons. The number of hydrogen-bond acceptors (Lipinski definition) is 1. The van der Waals surface area contributed by atoms with E-state index in [2.05, 4.69) is 97.1 Å². The van der Waals surface area contributed by atoms with E-state index in [0.717, 1.165) is 22.3 Å². The SMILES string of the molecule is C.c1ccc(C(OC(c2ccccc2)c2ccccc2)c2ccccc2)cc1. The highest BCUT2D eigenvalue weighted by Gasteiger charge is 2.22. The van der Waals surface area contributed by atoms with Gasteiger partial charge in [0.25, 0.3) is 0 Å². The molecule has 0 saturated heterocycles. The first-order chi connectivity index (χ1) is 13.4. The summed E-state index contributed by atoms with van der Waals surface area (Å²) in [6.45, 7) is 0. The lowest BCUT2D eigenvalue weighted by molar-refractivity contribution is 0.0308. The molecule has 0 aromatic heterocycles. The normalized spacial score (nSPS) is 10.6. The fourth-order valence-electron chi connectivity index (χ4n) is 3.35. The molecule has 0 atom stereocenters. The summed E-state index contributed by atoms with van der Waals surface area (Å²) in [4.78, 5) is 0. The minimum Gasteiger partial charge on any atom is -0.356 e. The largest absolute Gasteiger partial charge is 0.356 e. The van der Waals surface area contributed by atoms with E-state index in [1.807, 2.05) is 24.3 Å². The average molecular weight is 367 g/mol. The average Bonchev–Trinajstić information content (AvgIpc) is 2.77. The minimum atomic E-state index is -0.141. The maximum Gasteiger partial charge on any atom is 0.109 e. The Morgan fingerprint density at radius 3 is 0.786 bits per heavy atom. The van der Waals surface area contributed by atoms with Crippen LogP contribution in [0.1, 0.15) is 41.9 Å². The summed E-state index contributed by atoms with van der Waals surface area (Å²) in [5.41, 5.74) is 4.61. The standard InChI is InChI=1S/C26H22O.CH4/c1-5-13-21(14-6-1)25(22-15-7-2-8-16-22)27-26(23-17-9-3-10-18-23)24-19-11-4-12-20-24;/h1-20,25-26H;1H4. The van der Waals surface area contributed by atoms with E-state index in [9.17, 15) is 0 Å². The van der Waals surface area contributed by atoms with Gasteiger partial charge < -0.3 is 4.74 Å². The fraction of sp³-hybridized carbons (Fsp3) is 0.111. The molecule has 0 N–H and O–H groups in total. The third kappa shape index (κ3) is 4.57. The first-order valence-electron chi connectivity index (χ1n) is 9.27. The molecule has 0 aliphatic rings. The molecule has 0 aliphatic heterocycles. The summed E-state index contributed by atoms with van der Waals surface area (Å²) < 4.78 is 6.79. The van der Waals surface area contributed by atoms with Gasteiger partial charge in [-0.1, -0.05) is 129 Å². The molecule has 0 saturated carbocycles. The van der Waals surface area contributed by atoms with Gasteiger partial charge in [0.05, 0.1) is 0 Å². The molecule has 28 heavy (non-hydrogen) atoms. The molecule has 1 nitrogen and oxygen atoms in total. The highest BCUT2D eigenvalue weighted by molar-refractivity contribution is 5.33. The number of ether oxygens (including phenoxy) is 1. The quantitative estimate of drug-likeness (QED) is 0.350. The van der Waals surface area contributed by atoms with Crippen LogP contribution in [-0.4, -0.2) is 0 Å². The van der Waals surface area contributed by atoms with Gasteiger partial charge in [-0.3, -0.25) is 0 Å². The lowest BCUT2D eigenvalue weighted by Gasteiger charge is -2.26. The Kier molecular flexibility index (Phi) is 6.78. The summed E-state index contributed by atoms with van der Waals surface area (Å²) in [6, 6.07) is 41.7. The predicted molar refractivity (Wildman–Crippen MR) is 117 cm³/mol. The van der Waals surface area contributed by atoms with Crippen molar-refractivity contribution in [2.24, 2.45) is 0 Å². The van der Waals surface area contributed by atoms with E-state index in [1.165, 1.54) is 0 Å². The summed E-state index contributed by atoms with van der Waals surface area (Å²) in [5, 5.41) is 0. The third-order valence-corrected chi connectivity index (χ3v) is 4.68. The smallest absolute Gasteiger partial charge is 0.109 e. The lowest BCUT2D eigenvalue weighted by atomic mass is 9.98. The van der Waals surface area contributed by atoms with Gasteiger partial charge in [-0.2, -0.15) is 0 Å². The zero-order valence-corrected chi connectivity index (χ0v) is 15.1. The molecular formula is C27H26O. The van der Waals surface area contributed by atoms with Crippen LogP contribution in [0, 0.1) is 0 Å². The minimum absolute atomic E-state index is 0. The molecule has 0 heterocycles. The maximum absolute atomic E-state index is 6.79. The molecule has 0 amide bonds. The van der Waals surface area contributed by atoms with Crippen LogP contribution in [-0.2, 0) is 4.74 Å². The molecule has 0 radical (unpaired) electrons. The van der Waals surface area contributed by atoms with E-state index >= 15 is 0 Å². The van der Waals surface area contributed by atoms with Crippen LogP contribution in [0.3, 0.4) is 0 Å². The predicted octanol–water partition coefficient (Wildman–Crippen LogP) is 7.22. The van der Waals surface area contributed by atoms with E-state index in [1.54, 1.807) is 0 Å². The maximum atomic E-state index is 6.79. The van der Waals surface area contributed by atoms with Gasteiger partial charge in [0, 0.05) is 0 Å². The van der Waals surface area contributed by atoms with Crippen molar-refractivity contribution in [2.75, 3.05) is 0 Å². The molecule has 0 aliphatic carbocycles. The van der Waals surface area contributed by atoms with E-state index in [-0.39, 0.29) is 19.6 Å². The summed E-state index contributed by atoms with van der Waals surface area (Å²) in [7, 11) is 0. The Morgan fingerprint density at radius 2 is 0.571 bits per heavy atom. The molecule has 0 bridgehead atoms. The second kappa shape index (κ2) is 9.68. The Labute approximate surface area is 168 Å². The number of benzene rings is 4. The van der Waals surface area contributed by atoms with Gasteiger partial charge in [0.2, 0.25) is 0 Å². The van der Waals surface area contributed by atoms with Crippen molar-refractivity contribution >= 4 is 0 Å². The van der Waals surface area contributed by atoms with Gasteiger partial charge in [0.1, 0.15) is 12.2 Å². The zero-order valence-electron chi connectivity index (χ0n) is 15.1. The van der Waals surface area contributed by atoms with E-state index in [0.29, 0.717) is 0 Å². The number of rotatable bonds is 6. The van der Waals surface area contributed by atoms with Crippen molar-refractivity contribution in [3.63, 3.8) is 0 Å². The van der Waals surface area contributed by atoms with Gasteiger partial charge in [-0.25, -0.2) is 0 Å². The molecule has 4 rings (SSSR count). The molecule has 4 aromatic carbocycles. The highest BCUT2D eigenvalue weighted by Crippen LogP contribution is 2.35. The topological polar surface area (TPSA) is 9.23 Å². The van der Waals surface area contributed by atoms with Crippen LogP contribution in [0.2, 0.25) is 0 Å². The van der Waals surface area contributed by atoms with Gasteiger partial charge in [-0.15, -0.1) is 0 Å². The first-order valence-corrected chi connectivity index (χ1v) is 9.27. The Balaban J connectivity index is 0.00000225. The third-order valence-electron chi connectivity index (χ3n) is 4.68. The van der Waals surface area contributed by atoms with Crippen molar-refractivity contribution in [1.29, 1.82) is 0 Å². The van der Waals surface area contributed by atoms with E-state index in [4.69, 9.17) is 4.74 Å². The van der Waals surface area contributed by atoms with E-state index < -0.39 is 0 Å². The second-order valence-corrected chi connectivity index (χ2v) is 6.54. The van der Waals surface area contributed by atoms with Crippen LogP contribution in [0.4, 0.5) is 0 Å². The van der Waals surface area contributed by atoms with Crippen molar-refractivity contribution in [3.8, 4) is 0 Å². The Morgan fingerprint density at radius 1 is 0.357 bits per heavy atom. The molecule has 1 heteroatoms. The van der Waals surface area contributed by atoms with Crippen LogP contribution in [0.5, 0.6) is 0 Å². The van der Waals surface area contributed by atoms with Crippen molar-refractivity contribution in [2.45, 2.75) is 19.6 Å². The van der Waals surface area contributed by atoms with Crippen molar-refractivity contribution in [3.05, 3.63) is 144 Å². The first kappa shape index (κ1) is 19.6. The Hall–Kier alpha value is -3.16. The van der Waals surface area contributed by atoms with Crippen LogP contribution >= 0.6 is 0 Å². The van der Waals surface area contributed by atoms with Gasteiger partial charge >= 0.3 is 0 Å². The monoisotopic (exact) mass is 366 g/mol. The molecule has 0 fully saturated rings. The van der Waals surface area contributed by atoms with Crippen LogP contribution in [0.15, 0.2) is 121 Å². The molecule has 0 unspecified atom stereocenters. The van der Waals surface area contributed by atoms with Crippen molar-refractivity contribution in [1.82, 2.24) is 0 Å². The van der Waals surface area contributed by atoms with Crippen molar-refractivity contribution < 1.29 is 4.74 Å². The highest BCUT2D eigenvalue weighted by atomic mass is 16.5. The molecular weight excluding hydrogens is 340 g/mol.